The maximum absolute atomic E-state index is 6.52. The van der Waals surface area contributed by atoms with Crippen LogP contribution in [0.1, 0.15) is 45.6 Å². The molecule has 0 heterocycles. The molecule has 1 aromatic rings. The van der Waals surface area contributed by atoms with Gasteiger partial charge in [-0.3, -0.25) is 0 Å². The van der Waals surface area contributed by atoms with Crippen molar-refractivity contribution >= 4 is 8.32 Å². The van der Waals surface area contributed by atoms with Gasteiger partial charge in [0.05, 0.1) is 0 Å². The zero-order valence-corrected chi connectivity index (χ0v) is 14.2. The van der Waals surface area contributed by atoms with Crippen molar-refractivity contribution in [1.29, 1.82) is 0 Å². The lowest BCUT2D eigenvalue weighted by Gasteiger charge is -2.38. The van der Waals surface area contributed by atoms with Crippen molar-refractivity contribution in [3.8, 4) is 0 Å². The maximum Gasteiger partial charge on any atom is 0.192 e. The summed E-state index contributed by atoms with van der Waals surface area (Å²) in [6.07, 6.45) is 1.69. The molecule has 0 radical (unpaired) electrons. The molecule has 0 unspecified atom stereocenters. The van der Waals surface area contributed by atoms with Crippen molar-refractivity contribution in [3.63, 3.8) is 0 Å². The molecule has 2 heteroatoms. The zero-order valence-electron chi connectivity index (χ0n) is 13.2. The molecular weight excluding hydrogens is 248 g/mol. The largest absolute Gasteiger partial charge is 0.414 e. The van der Waals surface area contributed by atoms with Gasteiger partial charge in [0.25, 0.3) is 0 Å². The standard InChI is InChI=1S/C17H28OSi/c1-13(18-19(5,6)17(2,3)4)15-12-16(15)14-10-8-7-9-11-14/h7-11,13,15-16H,12H2,1-6H3/t13-,15-,16-/m0/s1. The molecule has 106 valence electrons. The molecule has 0 N–H and O–H groups in total. The van der Waals surface area contributed by atoms with Crippen LogP contribution in [0.5, 0.6) is 0 Å². The van der Waals surface area contributed by atoms with Gasteiger partial charge in [-0.1, -0.05) is 51.1 Å². The van der Waals surface area contributed by atoms with Crippen LogP contribution in [0.2, 0.25) is 18.1 Å². The van der Waals surface area contributed by atoms with Crippen molar-refractivity contribution in [2.24, 2.45) is 5.92 Å². The fraction of sp³-hybridized carbons (Fsp3) is 0.647. The van der Waals surface area contributed by atoms with Crippen LogP contribution in [0.3, 0.4) is 0 Å². The highest BCUT2D eigenvalue weighted by Crippen LogP contribution is 2.51. The van der Waals surface area contributed by atoms with Crippen LogP contribution >= 0.6 is 0 Å². The predicted molar refractivity (Wildman–Crippen MR) is 85.0 cm³/mol. The van der Waals surface area contributed by atoms with E-state index >= 15 is 0 Å². The summed E-state index contributed by atoms with van der Waals surface area (Å²) in [7, 11) is -1.62. The average molecular weight is 276 g/mol. The Balaban J connectivity index is 1.95. The first-order valence-electron chi connectivity index (χ1n) is 7.45. The van der Waals surface area contributed by atoms with Gasteiger partial charge in [-0.25, -0.2) is 0 Å². The molecule has 1 saturated carbocycles. The molecule has 0 saturated heterocycles. The molecule has 0 aliphatic heterocycles. The summed E-state index contributed by atoms with van der Waals surface area (Å²) in [6.45, 7) is 13.9. The molecule has 3 atom stereocenters. The summed E-state index contributed by atoms with van der Waals surface area (Å²) in [4.78, 5) is 0. The Kier molecular flexibility index (Phi) is 3.94. The molecule has 1 nitrogen and oxygen atoms in total. The molecule has 0 spiro atoms. The van der Waals surface area contributed by atoms with E-state index in [1.165, 1.54) is 12.0 Å². The van der Waals surface area contributed by atoms with Crippen molar-refractivity contribution in [2.75, 3.05) is 0 Å². The smallest absolute Gasteiger partial charge is 0.192 e. The second-order valence-electron chi connectivity index (χ2n) is 7.50. The Hall–Kier alpha value is -0.603. The van der Waals surface area contributed by atoms with E-state index in [0.717, 1.165) is 11.8 Å². The SMILES string of the molecule is C[C@H](O[Si](C)(C)C(C)(C)C)[C@@H]1C[C@H]1c1ccccc1. The number of benzene rings is 1. The van der Waals surface area contributed by atoms with Gasteiger partial charge in [-0.15, -0.1) is 0 Å². The lowest BCUT2D eigenvalue weighted by Crippen LogP contribution is -2.43. The molecule has 2 rings (SSSR count). The van der Waals surface area contributed by atoms with Crippen LogP contribution in [0, 0.1) is 5.92 Å². The molecule has 0 aromatic heterocycles. The Morgan fingerprint density at radius 1 is 1.16 bits per heavy atom. The topological polar surface area (TPSA) is 9.23 Å². The van der Waals surface area contributed by atoms with Crippen LogP contribution in [-0.4, -0.2) is 14.4 Å². The highest BCUT2D eigenvalue weighted by atomic mass is 28.4. The minimum Gasteiger partial charge on any atom is -0.414 e. The van der Waals surface area contributed by atoms with Crippen LogP contribution in [0.15, 0.2) is 30.3 Å². The summed E-state index contributed by atoms with van der Waals surface area (Å²) in [6, 6.07) is 10.9. The van der Waals surface area contributed by atoms with Gasteiger partial charge in [-0.05, 0) is 48.9 Å². The fourth-order valence-corrected chi connectivity index (χ4v) is 4.00. The highest BCUT2D eigenvalue weighted by Gasteiger charge is 2.46. The lowest BCUT2D eigenvalue weighted by atomic mass is 10.1. The normalized spacial score (nSPS) is 25.2. The van der Waals surface area contributed by atoms with E-state index in [1.807, 2.05) is 0 Å². The third-order valence-corrected chi connectivity index (χ3v) is 9.53. The minimum absolute atomic E-state index is 0.304. The van der Waals surface area contributed by atoms with E-state index in [-0.39, 0.29) is 0 Å². The molecule has 1 aliphatic rings. The van der Waals surface area contributed by atoms with E-state index in [2.05, 4.69) is 71.1 Å². The maximum atomic E-state index is 6.52. The summed E-state index contributed by atoms with van der Waals surface area (Å²) < 4.78 is 6.52. The van der Waals surface area contributed by atoms with E-state index in [0.29, 0.717) is 11.1 Å². The average Bonchev–Trinajstić information content (AvgIpc) is 3.08. The molecular formula is C17H28OSi. The Labute approximate surface area is 119 Å². The first-order valence-corrected chi connectivity index (χ1v) is 10.4. The molecule has 0 bridgehead atoms. The van der Waals surface area contributed by atoms with Crippen molar-refractivity contribution in [1.82, 2.24) is 0 Å². The molecule has 1 aromatic carbocycles. The van der Waals surface area contributed by atoms with Gasteiger partial charge in [0.1, 0.15) is 0 Å². The van der Waals surface area contributed by atoms with Crippen molar-refractivity contribution < 1.29 is 4.43 Å². The van der Waals surface area contributed by atoms with Crippen LogP contribution in [0.4, 0.5) is 0 Å². The van der Waals surface area contributed by atoms with E-state index in [4.69, 9.17) is 4.43 Å². The summed E-state index contributed by atoms with van der Waals surface area (Å²) in [5.74, 6) is 1.44. The number of rotatable bonds is 4. The monoisotopic (exact) mass is 276 g/mol. The first-order chi connectivity index (χ1) is 8.72. The molecule has 0 amide bonds. The summed E-state index contributed by atoms with van der Waals surface area (Å²) in [5.41, 5.74) is 1.48. The first kappa shape index (κ1) is 14.8. The zero-order chi connectivity index (χ0) is 14.3. The van der Waals surface area contributed by atoms with Gasteiger partial charge in [0, 0.05) is 6.10 Å². The number of hydrogen-bond acceptors (Lipinski definition) is 1. The van der Waals surface area contributed by atoms with Crippen molar-refractivity contribution in [3.05, 3.63) is 35.9 Å². The lowest BCUT2D eigenvalue weighted by molar-refractivity contribution is 0.174. The van der Waals surface area contributed by atoms with Crippen LogP contribution in [-0.2, 0) is 4.43 Å². The molecule has 1 aliphatic carbocycles. The summed E-state index contributed by atoms with van der Waals surface area (Å²) in [5, 5.41) is 0.304. The van der Waals surface area contributed by atoms with E-state index in [9.17, 15) is 0 Å². The van der Waals surface area contributed by atoms with Crippen LogP contribution in [0.25, 0.3) is 0 Å². The third-order valence-electron chi connectivity index (χ3n) is 4.96. The quantitative estimate of drug-likeness (QED) is 0.687. The van der Waals surface area contributed by atoms with Crippen molar-refractivity contribution in [2.45, 2.75) is 64.3 Å². The molecule has 1 fully saturated rings. The minimum atomic E-state index is -1.62. The van der Waals surface area contributed by atoms with Gasteiger partial charge in [-0.2, -0.15) is 0 Å². The Bertz CT molecular complexity index is 419. The van der Waals surface area contributed by atoms with E-state index < -0.39 is 8.32 Å². The number of hydrogen-bond donors (Lipinski definition) is 0. The fourth-order valence-electron chi connectivity index (χ4n) is 2.55. The van der Waals surface area contributed by atoms with Gasteiger partial charge in [0.15, 0.2) is 8.32 Å². The van der Waals surface area contributed by atoms with Gasteiger partial charge in [0.2, 0.25) is 0 Å². The molecule has 19 heavy (non-hydrogen) atoms. The van der Waals surface area contributed by atoms with Gasteiger partial charge < -0.3 is 4.43 Å². The summed E-state index contributed by atoms with van der Waals surface area (Å²) >= 11 is 0. The highest BCUT2D eigenvalue weighted by molar-refractivity contribution is 6.74. The van der Waals surface area contributed by atoms with E-state index in [1.54, 1.807) is 0 Å². The third kappa shape index (κ3) is 3.29. The second-order valence-corrected chi connectivity index (χ2v) is 12.3. The van der Waals surface area contributed by atoms with Gasteiger partial charge >= 0.3 is 0 Å². The Morgan fingerprint density at radius 3 is 2.26 bits per heavy atom. The second kappa shape index (κ2) is 5.06. The predicted octanol–water partition coefficient (Wildman–Crippen LogP) is 5.20. The van der Waals surface area contributed by atoms with Crippen LogP contribution < -0.4 is 0 Å². The Morgan fingerprint density at radius 2 is 1.74 bits per heavy atom.